The Morgan fingerprint density at radius 2 is 2.00 bits per heavy atom. The first kappa shape index (κ1) is 17.4. The molecule has 0 amide bonds. The Balaban J connectivity index is 1.66. The standard InChI is InChI=1S/C19H21BrN4O2/c1-18(2,12-25)24-11-13(10-21-24)16-22-17(23-26-16)19(8-3-9-19)14-4-6-15(20)7-5-14/h4-7,10-11,25H,3,8-9,12H2,1-2H3. The molecule has 1 aromatic carbocycles. The van der Waals surface area contributed by atoms with Crippen molar-refractivity contribution in [2.45, 2.75) is 44.1 Å². The molecule has 3 aromatic rings. The molecule has 2 aromatic heterocycles. The Kier molecular flexibility index (Phi) is 4.23. The minimum atomic E-state index is -0.478. The van der Waals surface area contributed by atoms with Gasteiger partial charge in [-0.25, -0.2) is 0 Å². The van der Waals surface area contributed by atoms with Crippen molar-refractivity contribution in [3.63, 3.8) is 0 Å². The monoisotopic (exact) mass is 416 g/mol. The molecule has 0 atom stereocenters. The van der Waals surface area contributed by atoms with Gasteiger partial charge >= 0.3 is 0 Å². The normalized spacial score (nSPS) is 16.5. The Morgan fingerprint density at radius 1 is 1.27 bits per heavy atom. The van der Waals surface area contributed by atoms with E-state index in [-0.39, 0.29) is 12.0 Å². The van der Waals surface area contributed by atoms with Gasteiger partial charge in [0.05, 0.1) is 29.3 Å². The molecular weight excluding hydrogens is 396 g/mol. The van der Waals surface area contributed by atoms with E-state index in [0.29, 0.717) is 5.89 Å². The quantitative estimate of drug-likeness (QED) is 0.682. The van der Waals surface area contributed by atoms with Gasteiger partial charge in [-0.1, -0.05) is 39.6 Å². The summed E-state index contributed by atoms with van der Waals surface area (Å²) >= 11 is 3.49. The second-order valence-corrected chi connectivity index (χ2v) is 8.43. The van der Waals surface area contributed by atoms with E-state index in [1.165, 1.54) is 5.56 Å². The zero-order valence-electron chi connectivity index (χ0n) is 14.8. The molecule has 1 N–H and O–H groups in total. The molecule has 1 saturated carbocycles. The first-order chi connectivity index (χ1) is 12.4. The highest BCUT2D eigenvalue weighted by atomic mass is 79.9. The fourth-order valence-corrected chi connectivity index (χ4v) is 3.58. The number of aliphatic hydroxyl groups is 1. The average Bonchev–Trinajstić information content (AvgIpc) is 3.25. The van der Waals surface area contributed by atoms with Crippen LogP contribution in [-0.4, -0.2) is 31.6 Å². The third-order valence-corrected chi connectivity index (χ3v) is 5.82. The van der Waals surface area contributed by atoms with Crippen molar-refractivity contribution in [1.29, 1.82) is 0 Å². The van der Waals surface area contributed by atoms with Gasteiger partial charge in [0.1, 0.15) is 0 Å². The molecule has 136 valence electrons. The van der Waals surface area contributed by atoms with Crippen LogP contribution in [0.3, 0.4) is 0 Å². The van der Waals surface area contributed by atoms with Gasteiger partial charge in [0.25, 0.3) is 5.89 Å². The molecule has 26 heavy (non-hydrogen) atoms. The van der Waals surface area contributed by atoms with Gasteiger partial charge in [0.2, 0.25) is 0 Å². The van der Waals surface area contributed by atoms with Crippen molar-refractivity contribution in [2.24, 2.45) is 0 Å². The summed E-state index contributed by atoms with van der Waals surface area (Å²) in [6.45, 7) is 3.83. The van der Waals surface area contributed by atoms with Crippen molar-refractivity contribution in [1.82, 2.24) is 19.9 Å². The second-order valence-electron chi connectivity index (χ2n) is 7.51. The summed E-state index contributed by atoms with van der Waals surface area (Å²) in [7, 11) is 0. The SMILES string of the molecule is CC(C)(CO)n1cc(-c2nc(C3(c4ccc(Br)cc4)CCC3)no2)cn1. The van der Waals surface area contributed by atoms with Crippen LogP contribution in [0.5, 0.6) is 0 Å². The highest BCUT2D eigenvalue weighted by Crippen LogP contribution is 2.48. The van der Waals surface area contributed by atoms with E-state index < -0.39 is 5.54 Å². The molecule has 2 heterocycles. The van der Waals surface area contributed by atoms with Crippen LogP contribution in [-0.2, 0) is 11.0 Å². The molecule has 0 spiro atoms. The molecule has 1 aliphatic rings. The number of aromatic nitrogens is 4. The van der Waals surface area contributed by atoms with Gasteiger partial charge in [-0.05, 0) is 44.4 Å². The van der Waals surface area contributed by atoms with Crippen molar-refractivity contribution >= 4 is 15.9 Å². The predicted molar refractivity (Wildman–Crippen MR) is 101 cm³/mol. The van der Waals surface area contributed by atoms with Crippen molar-refractivity contribution in [2.75, 3.05) is 6.61 Å². The number of benzene rings is 1. The number of halogens is 1. The maximum Gasteiger partial charge on any atom is 0.261 e. The fraction of sp³-hybridized carbons (Fsp3) is 0.421. The van der Waals surface area contributed by atoms with Crippen molar-refractivity contribution in [3.8, 4) is 11.5 Å². The van der Waals surface area contributed by atoms with Crippen LogP contribution in [0.1, 0.15) is 44.5 Å². The van der Waals surface area contributed by atoms with Gasteiger partial charge in [-0.15, -0.1) is 0 Å². The van der Waals surface area contributed by atoms with Gasteiger partial charge < -0.3 is 9.63 Å². The summed E-state index contributed by atoms with van der Waals surface area (Å²) in [5.74, 6) is 1.19. The Morgan fingerprint density at radius 3 is 2.62 bits per heavy atom. The highest BCUT2D eigenvalue weighted by molar-refractivity contribution is 9.10. The zero-order chi connectivity index (χ0) is 18.4. The fourth-order valence-electron chi connectivity index (χ4n) is 3.31. The maximum atomic E-state index is 9.51. The molecule has 0 unspecified atom stereocenters. The number of aliphatic hydroxyl groups excluding tert-OH is 1. The predicted octanol–water partition coefficient (Wildman–Crippen LogP) is 3.89. The maximum absolute atomic E-state index is 9.51. The van der Waals surface area contributed by atoms with Gasteiger partial charge in [-0.2, -0.15) is 10.1 Å². The van der Waals surface area contributed by atoms with Crippen LogP contribution in [0.4, 0.5) is 0 Å². The van der Waals surface area contributed by atoms with Crippen LogP contribution in [0.2, 0.25) is 0 Å². The summed E-state index contributed by atoms with van der Waals surface area (Å²) in [4.78, 5) is 4.69. The van der Waals surface area contributed by atoms with E-state index in [2.05, 4.69) is 55.4 Å². The minimum absolute atomic E-state index is 0.00409. The zero-order valence-corrected chi connectivity index (χ0v) is 16.4. The average molecular weight is 417 g/mol. The van der Waals surface area contributed by atoms with E-state index >= 15 is 0 Å². The molecule has 4 rings (SSSR count). The molecule has 0 saturated heterocycles. The Bertz CT molecular complexity index is 910. The van der Waals surface area contributed by atoms with Crippen LogP contribution >= 0.6 is 15.9 Å². The molecule has 0 radical (unpaired) electrons. The van der Waals surface area contributed by atoms with Crippen LogP contribution < -0.4 is 0 Å². The smallest absolute Gasteiger partial charge is 0.261 e. The summed E-state index contributed by atoms with van der Waals surface area (Å²) in [5, 5.41) is 18.1. The number of nitrogens with zero attached hydrogens (tertiary/aromatic N) is 4. The molecule has 1 fully saturated rings. The Hall–Kier alpha value is -1.99. The topological polar surface area (TPSA) is 77.0 Å². The summed E-state index contributed by atoms with van der Waals surface area (Å²) < 4.78 is 8.33. The summed E-state index contributed by atoms with van der Waals surface area (Å²) in [5.41, 5.74) is 1.34. The number of hydrogen-bond acceptors (Lipinski definition) is 5. The second kappa shape index (κ2) is 6.32. The van der Waals surface area contributed by atoms with E-state index in [4.69, 9.17) is 4.52 Å². The number of rotatable bonds is 5. The number of hydrogen-bond donors (Lipinski definition) is 1. The molecule has 7 heteroatoms. The van der Waals surface area contributed by atoms with E-state index in [1.807, 2.05) is 20.0 Å². The highest BCUT2D eigenvalue weighted by Gasteiger charge is 2.44. The lowest BCUT2D eigenvalue weighted by Gasteiger charge is -2.39. The van der Waals surface area contributed by atoms with Crippen molar-refractivity contribution in [3.05, 3.63) is 52.5 Å². The largest absolute Gasteiger partial charge is 0.394 e. The first-order valence-electron chi connectivity index (χ1n) is 8.71. The van der Waals surface area contributed by atoms with Gasteiger partial charge in [0.15, 0.2) is 5.82 Å². The van der Waals surface area contributed by atoms with Gasteiger partial charge in [-0.3, -0.25) is 4.68 Å². The van der Waals surface area contributed by atoms with E-state index in [0.717, 1.165) is 35.1 Å². The lowest BCUT2D eigenvalue weighted by atomic mass is 9.64. The lowest BCUT2D eigenvalue weighted by Crippen LogP contribution is -2.36. The molecule has 0 aliphatic heterocycles. The minimum Gasteiger partial charge on any atom is -0.394 e. The summed E-state index contributed by atoms with van der Waals surface area (Å²) in [6.07, 6.45) is 6.72. The van der Waals surface area contributed by atoms with E-state index in [1.54, 1.807) is 10.9 Å². The first-order valence-corrected chi connectivity index (χ1v) is 9.51. The van der Waals surface area contributed by atoms with Crippen LogP contribution in [0, 0.1) is 0 Å². The Labute approximate surface area is 160 Å². The lowest BCUT2D eigenvalue weighted by molar-refractivity contribution is 0.152. The summed E-state index contributed by atoms with van der Waals surface area (Å²) in [6, 6.07) is 8.36. The third-order valence-electron chi connectivity index (χ3n) is 5.29. The van der Waals surface area contributed by atoms with Crippen LogP contribution in [0.15, 0.2) is 45.7 Å². The molecular formula is C19H21BrN4O2. The molecule has 0 bridgehead atoms. The molecule has 1 aliphatic carbocycles. The van der Waals surface area contributed by atoms with E-state index in [9.17, 15) is 5.11 Å². The van der Waals surface area contributed by atoms with Crippen molar-refractivity contribution < 1.29 is 9.63 Å². The third kappa shape index (κ3) is 2.79. The molecule has 6 nitrogen and oxygen atoms in total. The van der Waals surface area contributed by atoms with Gasteiger partial charge in [0, 0.05) is 10.7 Å². The van der Waals surface area contributed by atoms with Crippen LogP contribution in [0.25, 0.3) is 11.5 Å².